The Morgan fingerprint density at radius 3 is 2.46 bits per heavy atom. The number of likely N-dealkylation sites (N-methyl/N-ethyl adjacent to an activating group) is 1. The van der Waals surface area contributed by atoms with Crippen LogP contribution < -0.4 is 0 Å². The van der Waals surface area contributed by atoms with Gasteiger partial charge in [0.15, 0.2) is 0 Å². The number of hydrogen-bond acceptors (Lipinski definition) is 4. The van der Waals surface area contributed by atoms with E-state index in [0.717, 1.165) is 53.8 Å². The molecule has 2 aromatic heterocycles. The largest absolute Gasteiger partial charge is 0.477 e. The molecular formula is C29H36ClN3O3S. The number of carbonyl (C=O) groups excluding carboxylic acids is 1. The number of thiophene rings is 1. The number of rotatable bonds is 7. The van der Waals surface area contributed by atoms with E-state index in [1.807, 2.05) is 36.2 Å². The fourth-order valence-corrected chi connectivity index (χ4v) is 7.36. The molecule has 37 heavy (non-hydrogen) atoms. The molecule has 1 saturated heterocycles. The van der Waals surface area contributed by atoms with Crippen LogP contribution in [0.25, 0.3) is 21.5 Å². The fraction of sp³-hybridized carbons (Fsp3) is 0.517. The number of fused-ring (bicyclic) bond motifs is 1. The van der Waals surface area contributed by atoms with Crippen LogP contribution in [0.4, 0.5) is 0 Å². The molecule has 198 valence electrons. The number of amides is 1. The molecule has 0 spiro atoms. The van der Waals surface area contributed by atoms with Crippen molar-refractivity contribution in [3.05, 3.63) is 45.8 Å². The van der Waals surface area contributed by atoms with Crippen molar-refractivity contribution in [1.29, 1.82) is 0 Å². The second-order valence-electron chi connectivity index (χ2n) is 10.9. The van der Waals surface area contributed by atoms with Crippen molar-refractivity contribution in [2.45, 2.75) is 76.9 Å². The molecule has 5 rings (SSSR count). The van der Waals surface area contributed by atoms with Crippen LogP contribution in [0.5, 0.6) is 0 Å². The predicted molar refractivity (Wildman–Crippen MR) is 151 cm³/mol. The topological polar surface area (TPSA) is 65.8 Å². The monoisotopic (exact) mass is 541 g/mol. The smallest absolute Gasteiger partial charge is 0.345 e. The number of aromatic nitrogens is 1. The lowest BCUT2D eigenvalue weighted by atomic mass is 9.83. The molecule has 1 atom stereocenters. The first kappa shape index (κ1) is 26.3. The van der Waals surface area contributed by atoms with Crippen LogP contribution in [0, 0.1) is 0 Å². The Kier molecular flexibility index (Phi) is 7.66. The van der Waals surface area contributed by atoms with Crippen LogP contribution in [0.2, 0.25) is 5.02 Å². The average molecular weight is 542 g/mol. The molecule has 1 unspecified atom stereocenters. The van der Waals surface area contributed by atoms with E-state index in [1.54, 1.807) is 6.07 Å². The molecule has 3 heterocycles. The van der Waals surface area contributed by atoms with Gasteiger partial charge in [-0.05, 0) is 68.4 Å². The van der Waals surface area contributed by atoms with Crippen molar-refractivity contribution in [2.24, 2.45) is 0 Å². The number of aromatic carboxylic acids is 1. The standard InChI is InChI=1S/C29H36ClN3O3S/c1-18(2)32-14-13-22(16-32)31(3)25(34)17-33-23-15-24(29(35)36)37-28(23)26(19-7-5-4-6-8-19)27(33)20-9-11-21(30)12-10-20/h9-12,15,18-19,22H,4-8,13-14,16-17H2,1-3H3,(H,35,36). The second kappa shape index (κ2) is 10.8. The van der Waals surface area contributed by atoms with Gasteiger partial charge in [0.1, 0.15) is 11.4 Å². The van der Waals surface area contributed by atoms with Crippen molar-refractivity contribution in [3.8, 4) is 11.3 Å². The van der Waals surface area contributed by atoms with Crippen LogP contribution >= 0.6 is 22.9 Å². The maximum Gasteiger partial charge on any atom is 0.345 e. The van der Waals surface area contributed by atoms with E-state index in [2.05, 4.69) is 23.3 Å². The van der Waals surface area contributed by atoms with E-state index in [-0.39, 0.29) is 18.5 Å². The lowest BCUT2D eigenvalue weighted by Crippen LogP contribution is -2.41. The lowest BCUT2D eigenvalue weighted by molar-refractivity contribution is -0.132. The Balaban J connectivity index is 1.60. The summed E-state index contributed by atoms with van der Waals surface area (Å²) in [5.41, 5.74) is 4.12. The first-order valence-corrected chi connectivity index (χ1v) is 14.6. The minimum absolute atomic E-state index is 0.0565. The third kappa shape index (κ3) is 5.18. The lowest BCUT2D eigenvalue weighted by Gasteiger charge is -2.27. The number of hydrogen-bond donors (Lipinski definition) is 1. The normalized spacial score (nSPS) is 19.2. The summed E-state index contributed by atoms with van der Waals surface area (Å²) in [5, 5.41) is 10.5. The van der Waals surface area contributed by atoms with Gasteiger partial charge in [-0.15, -0.1) is 11.3 Å². The van der Waals surface area contributed by atoms with Gasteiger partial charge in [0, 0.05) is 37.2 Å². The predicted octanol–water partition coefficient (Wildman–Crippen LogP) is 6.71. The van der Waals surface area contributed by atoms with E-state index in [4.69, 9.17) is 11.6 Å². The highest BCUT2D eigenvalue weighted by atomic mass is 35.5. The molecule has 1 saturated carbocycles. The van der Waals surface area contributed by atoms with E-state index >= 15 is 0 Å². The average Bonchev–Trinajstić information content (AvgIpc) is 3.60. The van der Waals surface area contributed by atoms with Crippen LogP contribution in [0.3, 0.4) is 0 Å². The molecule has 1 N–H and O–H groups in total. The van der Waals surface area contributed by atoms with E-state index in [9.17, 15) is 14.7 Å². The van der Waals surface area contributed by atoms with Crippen molar-refractivity contribution >= 4 is 45.0 Å². The molecular weight excluding hydrogens is 506 g/mol. The van der Waals surface area contributed by atoms with Crippen LogP contribution in [-0.2, 0) is 11.3 Å². The van der Waals surface area contributed by atoms with Crippen LogP contribution in [0.1, 0.15) is 73.5 Å². The number of likely N-dealkylation sites (tertiary alicyclic amines) is 1. The molecule has 1 aromatic carbocycles. The molecule has 0 radical (unpaired) electrons. The minimum Gasteiger partial charge on any atom is -0.477 e. The first-order valence-electron chi connectivity index (χ1n) is 13.4. The van der Waals surface area contributed by atoms with Gasteiger partial charge in [-0.3, -0.25) is 9.69 Å². The van der Waals surface area contributed by atoms with Gasteiger partial charge in [0.2, 0.25) is 5.91 Å². The number of halogens is 1. The van der Waals surface area contributed by atoms with Crippen LogP contribution in [0.15, 0.2) is 30.3 Å². The van der Waals surface area contributed by atoms with E-state index in [0.29, 0.717) is 21.9 Å². The van der Waals surface area contributed by atoms with Crippen molar-refractivity contribution in [2.75, 3.05) is 20.1 Å². The Labute approximate surface area is 227 Å². The summed E-state index contributed by atoms with van der Waals surface area (Å²) in [6, 6.07) is 10.2. The van der Waals surface area contributed by atoms with Gasteiger partial charge in [-0.25, -0.2) is 4.79 Å². The quantitative estimate of drug-likeness (QED) is 0.361. The zero-order valence-corrected chi connectivity index (χ0v) is 23.4. The molecule has 8 heteroatoms. The second-order valence-corrected chi connectivity index (χ2v) is 12.3. The minimum atomic E-state index is -0.918. The van der Waals surface area contributed by atoms with Crippen molar-refractivity contribution in [3.63, 3.8) is 0 Å². The Bertz CT molecular complexity index is 1290. The van der Waals surface area contributed by atoms with Gasteiger partial charge in [0.25, 0.3) is 0 Å². The molecule has 1 amide bonds. The van der Waals surface area contributed by atoms with Crippen molar-refractivity contribution < 1.29 is 14.7 Å². The summed E-state index contributed by atoms with van der Waals surface area (Å²) in [7, 11) is 1.91. The maximum atomic E-state index is 13.7. The van der Waals surface area contributed by atoms with Gasteiger partial charge in [0.05, 0.1) is 15.9 Å². The van der Waals surface area contributed by atoms with Gasteiger partial charge in [-0.1, -0.05) is 43.0 Å². The van der Waals surface area contributed by atoms with Gasteiger partial charge in [-0.2, -0.15) is 0 Å². The summed E-state index contributed by atoms with van der Waals surface area (Å²) >= 11 is 7.58. The maximum absolute atomic E-state index is 13.7. The summed E-state index contributed by atoms with van der Waals surface area (Å²) in [6.45, 7) is 6.47. The molecule has 2 fully saturated rings. The van der Waals surface area contributed by atoms with Gasteiger partial charge < -0.3 is 14.6 Å². The van der Waals surface area contributed by atoms with E-state index in [1.165, 1.54) is 36.2 Å². The zero-order chi connectivity index (χ0) is 26.3. The number of carboxylic acids is 1. The highest BCUT2D eigenvalue weighted by Gasteiger charge is 2.32. The number of carboxylic acid groups (broad SMARTS) is 1. The summed E-state index contributed by atoms with van der Waals surface area (Å²) < 4.78 is 3.09. The van der Waals surface area contributed by atoms with Crippen molar-refractivity contribution in [1.82, 2.24) is 14.4 Å². The molecule has 6 nitrogen and oxygen atoms in total. The molecule has 1 aliphatic heterocycles. The number of nitrogens with zero attached hydrogens (tertiary/aromatic N) is 3. The molecule has 3 aromatic rings. The third-order valence-corrected chi connectivity index (χ3v) is 9.67. The zero-order valence-electron chi connectivity index (χ0n) is 21.9. The van der Waals surface area contributed by atoms with E-state index < -0.39 is 5.97 Å². The van der Waals surface area contributed by atoms with Crippen LogP contribution in [-0.4, -0.2) is 63.6 Å². The number of carbonyl (C=O) groups is 2. The van der Waals surface area contributed by atoms with Gasteiger partial charge >= 0.3 is 5.97 Å². The SMILES string of the molecule is CC(C)N1CCC(N(C)C(=O)Cn2c(-c3ccc(Cl)cc3)c(C3CCCCC3)c3sc(C(=O)O)cc32)C1. The summed E-state index contributed by atoms with van der Waals surface area (Å²) in [6.07, 6.45) is 6.72. The third-order valence-electron chi connectivity index (χ3n) is 8.27. The summed E-state index contributed by atoms with van der Waals surface area (Å²) in [5.74, 6) is -0.509. The Hall–Kier alpha value is -2.35. The Morgan fingerprint density at radius 2 is 1.84 bits per heavy atom. The highest BCUT2D eigenvalue weighted by Crippen LogP contribution is 2.47. The summed E-state index contributed by atoms with van der Waals surface area (Å²) in [4.78, 5) is 30.3. The fourth-order valence-electron chi connectivity index (χ4n) is 6.11. The Morgan fingerprint density at radius 1 is 1.14 bits per heavy atom. The molecule has 1 aliphatic carbocycles. The molecule has 2 aliphatic rings. The number of benzene rings is 1. The molecule has 0 bridgehead atoms. The first-order chi connectivity index (χ1) is 17.7. The highest BCUT2D eigenvalue weighted by molar-refractivity contribution is 7.21.